The molecule has 1 amide bonds. The second-order valence-electron chi connectivity index (χ2n) is 5.26. The quantitative estimate of drug-likeness (QED) is 0.620. The van der Waals surface area contributed by atoms with Crippen molar-refractivity contribution in [3.05, 3.63) is 29.8 Å². The normalized spacial score (nSPS) is 15.0. The molecule has 1 aromatic carbocycles. The topological polar surface area (TPSA) is 23.6 Å². The molecule has 0 unspecified atom stereocenters. The van der Waals surface area contributed by atoms with Gasteiger partial charge in [0, 0.05) is 44.7 Å². The maximum Gasteiger partial charge on any atom is 0.222 e. The summed E-state index contributed by atoms with van der Waals surface area (Å²) < 4.78 is 0. The van der Waals surface area contributed by atoms with Crippen LogP contribution in [-0.2, 0) is 4.79 Å². The number of carbonyl (C=O) groups excluding carboxylic acids is 1. The number of amides is 1. The lowest BCUT2D eigenvalue weighted by Crippen LogP contribution is -2.48. The van der Waals surface area contributed by atoms with E-state index in [0.717, 1.165) is 32.6 Å². The predicted octanol–water partition coefficient (Wildman–Crippen LogP) is 2.45. The number of terminal acetylenes is 1. The van der Waals surface area contributed by atoms with E-state index in [1.165, 1.54) is 11.3 Å². The highest BCUT2D eigenvalue weighted by Crippen LogP contribution is 2.17. The number of hydrogen-bond acceptors (Lipinski definition) is 2. The molecule has 1 aromatic rings. The van der Waals surface area contributed by atoms with Gasteiger partial charge in [-0.3, -0.25) is 4.79 Å². The Morgan fingerprint density at radius 1 is 1.20 bits per heavy atom. The lowest BCUT2D eigenvalue weighted by Gasteiger charge is -2.36. The number of carbonyl (C=O) groups is 1. The second-order valence-corrected chi connectivity index (χ2v) is 5.26. The van der Waals surface area contributed by atoms with Crippen molar-refractivity contribution in [1.82, 2.24) is 4.90 Å². The molecule has 1 aliphatic rings. The number of piperazine rings is 1. The number of hydrogen-bond donors (Lipinski definition) is 0. The maximum absolute atomic E-state index is 12.0. The zero-order chi connectivity index (χ0) is 14.4. The Morgan fingerprint density at radius 3 is 2.45 bits per heavy atom. The van der Waals surface area contributed by atoms with Crippen LogP contribution in [0.1, 0.15) is 24.8 Å². The van der Waals surface area contributed by atoms with E-state index in [4.69, 9.17) is 6.42 Å². The minimum absolute atomic E-state index is 0.240. The largest absolute Gasteiger partial charge is 0.368 e. The molecule has 0 bridgehead atoms. The van der Waals surface area contributed by atoms with Crippen molar-refractivity contribution in [2.45, 2.75) is 26.2 Å². The lowest BCUT2D eigenvalue weighted by atomic mass is 10.2. The summed E-state index contributed by atoms with van der Waals surface area (Å²) in [6.45, 7) is 5.52. The Kier molecular flexibility index (Phi) is 5.06. The van der Waals surface area contributed by atoms with Crippen LogP contribution in [-0.4, -0.2) is 37.0 Å². The monoisotopic (exact) mass is 270 g/mol. The van der Waals surface area contributed by atoms with Crippen LogP contribution >= 0.6 is 0 Å². The zero-order valence-corrected chi connectivity index (χ0v) is 12.1. The first-order chi connectivity index (χ1) is 9.70. The summed E-state index contributed by atoms with van der Waals surface area (Å²) in [5, 5.41) is 0. The fourth-order valence-corrected chi connectivity index (χ4v) is 2.47. The summed E-state index contributed by atoms with van der Waals surface area (Å²) in [6.07, 6.45) is 7.27. The second kappa shape index (κ2) is 7.00. The number of unbranched alkanes of at least 4 members (excludes halogenated alkanes) is 1. The van der Waals surface area contributed by atoms with Gasteiger partial charge in [0.25, 0.3) is 0 Å². The molecule has 2 rings (SSSR count). The fourth-order valence-electron chi connectivity index (χ4n) is 2.47. The molecular weight excluding hydrogens is 248 g/mol. The Labute approximate surface area is 121 Å². The third kappa shape index (κ3) is 3.77. The maximum atomic E-state index is 12.0. The summed E-state index contributed by atoms with van der Waals surface area (Å²) in [5.74, 6) is 2.82. The van der Waals surface area contributed by atoms with Gasteiger partial charge in [0.15, 0.2) is 0 Å². The standard InChI is InChI=1S/C17H22N2O/c1-3-4-5-6-17(20)19-13-11-18(12-14-19)16-9-7-15(2)8-10-16/h1,7-10H,4-6,11-14H2,2H3. The van der Waals surface area contributed by atoms with Gasteiger partial charge >= 0.3 is 0 Å². The van der Waals surface area contributed by atoms with Gasteiger partial charge < -0.3 is 9.80 Å². The van der Waals surface area contributed by atoms with Crippen LogP contribution in [0.4, 0.5) is 5.69 Å². The minimum Gasteiger partial charge on any atom is -0.368 e. The molecule has 106 valence electrons. The molecule has 1 fully saturated rings. The van der Waals surface area contributed by atoms with E-state index in [0.29, 0.717) is 12.8 Å². The van der Waals surface area contributed by atoms with Gasteiger partial charge in [-0.25, -0.2) is 0 Å². The van der Waals surface area contributed by atoms with E-state index < -0.39 is 0 Å². The van der Waals surface area contributed by atoms with Crippen molar-refractivity contribution < 1.29 is 4.79 Å². The Morgan fingerprint density at radius 2 is 1.85 bits per heavy atom. The number of nitrogens with zero attached hydrogens (tertiary/aromatic N) is 2. The lowest BCUT2D eigenvalue weighted by molar-refractivity contribution is -0.131. The molecule has 1 aliphatic heterocycles. The van der Waals surface area contributed by atoms with Gasteiger partial charge in [0.1, 0.15) is 0 Å². The summed E-state index contributed by atoms with van der Waals surface area (Å²) in [7, 11) is 0. The van der Waals surface area contributed by atoms with Crippen LogP contribution in [0.25, 0.3) is 0 Å². The zero-order valence-electron chi connectivity index (χ0n) is 12.1. The van der Waals surface area contributed by atoms with Crippen LogP contribution in [0.2, 0.25) is 0 Å². The molecule has 1 heterocycles. The number of benzene rings is 1. The highest BCUT2D eigenvalue weighted by atomic mass is 16.2. The van der Waals surface area contributed by atoms with Gasteiger partial charge in [-0.05, 0) is 25.5 Å². The van der Waals surface area contributed by atoms with Gasteiger partial charge in [0.2, 0.25) is 5.91 Å². The van der Waals surface area contributed by atoms with Crippen molar-refractivity contribution in [3.8, 4) is 12.3 Å². The fraction of sp³-hybridized carbons (Fsp3) is 0.471. The molecule has 3 nitrogen and oxygen atoms in total. The molecule has 0 N–H and O–H groups in total. The number of rotatable bonds is 4. The molecule has 3 heteroatoms. The average molecular weight is 270 g/mol. The van der Waals surface area contributed by atoms with E-state index in [2.05, 4.69) is 42.0 Å². The van der Waals surface area contributed by atoms with E-state index in [1.807, 2.05) is 4.90 Å². The van der Waals surface area contributed by atoms with Crippen molar-refractivity contribution in [2.24, 2.45) is 0 Å². The van der Waals surface area contributed by atoms with Crippen LogP contribution in [0.5, 0.6) is 0 Å². The first-order valence-electron chi connectivity index (χ1n) is 7.23. The smallest absolute Gasteiger partial charge is 0.222 e. The molecule has 20 heavy (non-hydrogen) atoms. The van der Waals surface area contributed by atoms with Crippen LogP contribution in [0.3, 0.4) is 0 Å². The Balaban J connectivity index is 1.81. The first kappa shape index (κ1) is 14.5. The number of anilines is 1. The van der Waals surface area contributed by atoms with Crippen molar-refractivity contribution in [1.29, 1.82) is 0 Å². The third-order valence-corrected chi connectivity index (χ3v) is 3.74. The molecule has 0 aliphatic carbocycles. The van der Waals surface area contributed by atoms with Crippen LogP contribution < -0.4 is 4.90 Å². The summed E-state index contributed by atoms with van der Waals surface area (Å²) in [5.41, 5.74) is 2.52. The Bertz CT molecular complexity index is 479. The molecule has 1 saturated heterocycles. The van der Waals surface area contributed by atoms with Crippen LogP contribution in [0.15, 0.2) is 24.3 Å². The summed E-state index contributed by atoms with van der Waals surface area (Å²) in [4.78, 5) is 16.3. The molecular formula is C17H22N2O. The SMILES string of the molecule is C#CCCCC(=O)N1CCN(c2ccc(C)cc2)CC1. The molecule has 0 atom stereocenters. The van der Waals surface area contributed by atoms with Crippen molar-refractivity contribution in [2.75, 3.05) is 31.1 Å². The van der Waals surface area contributed by atoms with Crippen molar-refractivity contribution >= 4 is 11.6 Å². The predicted molar refractivity (Wildman–Crippen MR) is 82.7 cm³/mol. The third-order valence-electron chi connectivity index (χ3n) is 3.74. The number of aryl methyl sites for hydroxylation is 1. The minimum atomic E-state index is 0.240. The van der Waals surface area contributed by atoms with E-state index >= 15 is 0 Å². The van der Waals surface area contributed by atoms with E-state index in [-0.39, 0.29) is 5.91 Å². The van der Waals surface area contributed by atoms with Gasteiger partial charge in [0.05, 0.1) is 0 Å². The Hall–Kier alpha value is -1.95. The molecule has 0 saturated carbocycles. The molecule has 0 spiro atoms. The van der Waals surface area contributed by atoms with Gasteiger partial charge in [-0.1, -0.05) is 17.7 Å². The molecule has 0 radical (unpaired) electrons. The first-order valence-corrected chi connectivity index (χ1v) is 7.23. The van der Waals surface area contributed by atoms with Crippen molar-refractivity contribution in [3.63, 3.8) is 0 Å². The summed E-state index contributed by atoms with van der Waals surface area (Å²) >= 11 is 0. The average Bonchev–Trinajstić information content (AvgIpc) is 2.48. The molecule has 0 aromatic heterocycles. The van der Waals surface area contributed by atoms with Gasteiger partial charge in [-0.15, -0.1) is 12.3 Å². The highest BCUT2D eigenvalue weighted by Gasteiger charge is 2.20. The highest BCUT2D eigenvalue weighted by molar-refractivity contribution is 5.76. The van der Waals surface area contributed by atoms with E-state index in [1.54, 1.807) is 0 Å². The van der Waals surface area contributed by atoms with Gasteiger partial charge in [-0.2, -0.15) is 0 Å². The summed E-state index contributed by atoms with van der Waals surface area (Å²) in [6, 6.07) is 8.57. The van der Waals surface area contributed by atoms with E-state index in [9.17, 15) is 4.79 Å². The van der Waals surface area contributed by atoms with Crippen LogP contribution in [0, 0.1) is 19.3 Å².